The average Bonchev–Trinajstić information content (AvgIpc) is 2.89. The molecule has 0 bridgehead atoms. The maximum Gasteiger partial charge on any atom is 0.314 e. The molecule has 1 aliphatic heterocycles. The van der Waals surface area contributed by atoms with E-state index in [2.05, 4.69) is 22.6 Å². The maximum absolute atomic E-state index is 11.8. The minimum atomic E-state index is -0.680. The van der Waals surface area contributed by atoms with E-state index >= 15 is 0 Å². The molecular weight excluding hydrogens is 270 g/mol. The van der Waals surface area contributed by atoms with Gasteiger partial charge in [0.05, 0.1) is 5.92 Å². The Morgan fingerprint density at radius 2 is 1.67 bits per heavy atom. The van der Waals surface area contributed by atoms with Crippen LogP contribution in [0.5, 0.6) is 0 Å². The Labute approximate surface area is 126 Å². The summed E-state index contributed by atoms with van der Waals surface area (Å²) >= 11 is 0. The molecule has 3 N–H and O–H groups in total. The minimum Gasteiger partial charge on any atom is -0.481 e. The summed E-state index contributed by atoms with van der Waals surface area (Å²) in [6, 6.07) is -0.0927. The fourth-order valence-corrected chi connectivity index (χ4v) is 3.34. The zero-order valence-corrected chi connectivity index (χ0v) is 12.8. The molecule has 21 heavy (non-hydrogen) atoms. The van der Waals surface area contributed by atoms with E-state index in [0.29, 0.717) is 18.4 Å². The van der Waals surface area contributed by atoms with Gasteiger partial charge in [0.15, 0.2) is 0 Å². The average molecular weight is 297 g/mol. The van der Waals surface area contributed by atoms with Crippen molar-refractivity contribution in [3.63, 3.8) is 0 Å². The Hall–Kier alpha value is -1.30. The van der Waals surface area contributed by atoms with Crippen molar-refractivity contribution in [2.24, 2.45) is 17.8 Å². The van der Waals surface area contributed by atoms with Crippen molar-refractivity contribution in [2.75, 3.05) is 33.2 Å². The molecule has 1 saturated carbocycles. The third-order valence-corrected chi connectivity index (χ3v) is 4.79. The summed E-state index contributed by atoms with van der Waals surface area (Å²) in [5, 5.41) is 14.8. The number of urea groups is 1. The second-order valence-corrected chi connectivity index (χ2v) is 6.56. The van der Waals surface area contributed by atoms with Crippen molar-refractivity contribution in [3.05, 3.63) is 0 Å². The lowest BCUT2D eigenvalue weighted by molar-refractivity contribution is -0.143. The van der Waals surface area contributed by atoms with Crippen LogP contribution in [0, 0.1) is 17.8 Å². The number of amides is 2. The first kappa shape index (κ1) is 16.1. The smallest absolute Gasteiger partial charge is 0.314 e. The molecule has 0 aromatic rings. The number of nitrogens with one attached hydrogen (secondary N) is 2. The van der Waals surface area contributed by atoms with Gasteiger partial charge in [-0.3, -0.25) is 4.79 Å². The van der Waals surface area contributed by atoms with Crippen LogP contribution in [0.25, 0.3) is 0 Å². The van der Waals surface area contributed by atoms with E-state index in [0.717, 1.165) is 51.7 Å². The number of hydrogen-bond acceptors (Lipinski definition) is 3. The fraction of sp³-hybridized carbons (Fsp3) is 0.867. The van der Waals surface area contributed by atoms with Crippen LogP contribution >= 0.6 is 0 Å². The number of carboxylic acid groups (broad SMARTS) is 1. The van der Waals surface area contributed by atoms with Gasteiger partial charge >= 0.3 is 12.0 Å². The molecule has 1 atom stereocenters. The Balaban J connectivity index is 1.56. The van der Waals surface area contributed by atoms with Gasteiger partial charge in [-0.15, -0.1) is 0 Å². The highest BCUT2D eigenvalue weighted by atomic mass is 16.4. The van der Waals surface area contributed by atoms with Crippen molar-refractivity contribution >= 4 is 12.0 Å². The summed E-state index contributed by atoms with van der Waals surface area (Å²) in [4.78, 5) is 24.9. The molecule has 2 rings (SSSR count). The molecule has 0 radical (unpaired) electrons. The van der Waals surface area contributed by atoms with Gasteiger partial charge in [0, 0.05) is 19.6 Å². The van der Waals surface area contributed by atoms with Gasteiger partial charge in [0.25, 0.3) is 0 Å². The maximum atomic E-state index is 11.8. The van der Waals surface area contributed by atoms with E-state index in [1.54, 1.807) is 0 Å². The van der Waals surface area contributed by atoms with Crippen LogP contribution in [0.4, 0.5) is 4.79 Å². The largest absolute Gasteiger partial charge is 0.481 e. The van der Waals surface area contributed by atoms with Gasteiger partial charge in [-0.05, 0) is 57.5 Å². The summed E-state index contributed by atoms with van der Waals surface area (Å²) in [5.74, 6) is 0.117. The second-order valence-electron chi connectivity index (χ2n) is 6.56. The van der Waals surface area contributed by atoms with Crippen LogP contribution in [-0.2, 0) is 4.79 Å². The summed E-state index contributed by atoms with van der Waals surface area (Å²) in [7, 11) is 2.10. The Bertz CT molecular complexity index is 367. The van der Waals surface area contributed by atoms with Crippen molar-refractivity contribution in [3.8, 4) is 0 Å². The number of carbonyl (C=O) groups excluding carboxylic acids is 1. The number of carbonyl (C=O) groups is 2. The predicted molar refractivity (Wildman–Crippen MR) is 80.1 cm³/mol. The predicted octanol–water partition coefficient (Wildman–Crippen LogP) is 1.13. The number of carboxylic acids is 1. The van der Waals surface area contributed by atoms with Gasteiger partial charge in [0.2, 0.25) is 0 Å². The number of aliphatic carboxylic acids is 1. The highest BCUT2D eigenvalue weighted by Crippen LogP contribution is 2.28. The van der Waals surface area contributed by atoms with Crippen LogP contribution in [0.3, 0.4) is 0 Å². The number of rotatable bonds is 5. The van der Waals surface area contributed by atoms with Crippen molar-refractivity contribution in [2.45, 2.75) is 32.1 Å². The van der Waals surface area contributed by atoms with Crippen LogP contribution in [-0.4, -0.2) is 55.2 Å². The van der Waals surface area contributed by atoms with Gasteiger partial charge in [-0.25, -0.2) is 4.79 Å². The zero-order chi connectivity index (χ0) is 15.2. The third-order valence-electron chi connectivity index (χ3n) is 4.79. The van der Waals surface area contributed by atoms with Gasteiger partial charge in [-0.2, -0.15) is 0 Å². The van der Waals surface area contributed by atoms with Gasteiger partial charge < -0.3 is 20.6 Å². The summed E-state index contributed by atoms with van der Waals surface area (Å²) in [6.07, 6.45) is 4.40. The van der Waals surface area contributed by atoms with E-state index in [1.165, 1.54) is 0 Å². The lowest BCUT2D eigenvalue weighted by atomic mass is 9.82. The molecule has 1 heterocycles. The van der Waals surface area contributed by atoms with E-state index in [-0.39, 0.29) is 11.9 Å². The molecule has 2 fully saturated rings. The molecule has 0 spiro atoms. The fourth-order valence-electron chi connectivity index (χ4n) is 3.34. The summed E-state index contributed by atoms with van der Waals surface area (Å²) in [5.41, 5.74) is 0. The number of likely N-dealkylation sites (tertiary alicyclic amines) is 1. The molecule has 0 aromatic heterocycles. The molecule has 6 nitrogen and oxygen atoms in total. The minimum absolute atomic E-state index is 0.0927. The van der Waals surface area contributed by atoms with Crippen LogP contribution in [0.1, 0.15) is 32.1 Å². The topological polar surface area (TPSA) is 81.7 Å². The molecule has 2 amide bonds. The SMILES string of the molecule is CN1CCC(CNC(=O)NCC2CCC(C(=O)O)CC2)C1. The lowest BCUT2D eigenvalue weighted by Gasteiger charge is -2.26. The summed E-state index contributed by atoms with van der Waals surface area (Å²) < 4.78 is 0. The Morgan fingerprint density at radius 3 is 2.19 bits per heavy atom. The first-order chi connectivity index (χ1) is 10.0. The zero-order valence-electron chi connectivity index (χ0n) is 12.8. The van der Waals surface area contributed by atoms with E-state index in [1.807, 2.05) is 0 Å². The van der Waals surface area contributed by atoms with Crippen molar-refractivity contribution in [1.82, 2.24) is 15.5 Å². The molecule has 0 aromatic carbocycles. The van der Waals surface area contributed by atoms with E-state index < -0.39 is 5.97 Å². The highest BCUT2D eigenvalue weighted by Gasteiger charge is 2.26. The highest BCUT2D eigenvalue weighted by molar-refractivity contribution is 5.73. The Kier molecular flexibility index (Phi) is 5.85. The van der Waals surface area contributed by atoms with Crippen LogP contribution in [0.15, 0.2) is 0 Å². The standard InChI is InChI=1S/C15H27N3O3/c1-18-7-6-12(10-18)9-17-15(21)16-8-11-2-4-13(5-3-11)14(19)20/h11-13H,2-10H2,1H3,(H,19,20)(H2,16,17,21). The van der Waals surface area contributed by atoms with Crippen LogP contribution in [0.2, 0.25) is 0 Å². The van der Waals surface area contributed by atoms with Gasteiger partial charge in [-0.1, -0.05) is 0 Å². The van der Waals surface area contributed by atoms with Gasteiger partial charge in [0.1, 0.15) is 0 Å². The lowest BCUT2D eigenvalue weighted by Crippen LogP contribution is -2.41. The molecule has 6 heteroatoms. The van der Waals surface area contributed by atoms with Crippen molar-refractivity contribution in [1.29, 1.82) is 0 Å². The molecule has 1 unspecified atom stereocenters. The van der Waals surface area contributed by atoms with Crippen molar-refractivity contribution < 1.29 is 14.7 Å². The van der Waals surface area contributed by atoms with E-state index in [4.69, 9.17) is 5.11 Å². The normalized spacial score (nSPS) is 30.0. The quantitative estimate of drug-likeness (QED) is 0.710. The molecule has 1 aliphatic carbocycles. The van der Waals surface area contributed by atoms with Crippen LogP contribution < -0.4 is 10.6 Å². The third kappa shape index (κ3) is 5.19. The first-order valence-electron chi connectivity index (χ1n) is 7.97. The second kappa shape index (κ2) is 7.64. The van der Waals surface area contributed by atoms with E-state index in [9.17, 15) is 9.59 Å². The Morgan fingerprint density at radius 1 is 1.05 bits per heavy atom. The number of hydrogen-bond donors (Lipinski definition) is 3. The summed E-state index contributed by atoms with van der Waals surface area (Å²) in [6.45, 7) is 3.56. The monoisotopic (exact) mass is 297 g/mol. The number of nitrogens with zero attached hydrogens (tertiary/aromatic N) is 1. The molecular formula is C15H27N3O3. The molecule has 120 valence electrons. The molecule has 2 aliphatic rings. The molecule has 1 saturated heterocycles. The first-order valence-corrected chi connectivity index (χ1v) is 7.97.